The lowest BCUT2D eigenvalue weighted by Gasteiger charge is -2.39. The molecule has 30 heavy (non-hydrogen) atoms. The summed E-state index contributed by atoms with van der Waals surface area (Å²) in [6.45, 7) is 2.49. The molecule has 1 aromatic carbocycles. The van der Waals surface area contributed by atoms with Crippen LogP contribution in [0.3, 0.4) is 0 Å². The van der Waals surface area contributed by atoms with Gasteiger partial charge in [0.1, 0.15) is 5.65 Å². The molecule has 0 aliphatic carbocycles. The number of amides is 1. The lowest BCUT2D eigenvalue weighted by molar-refractivity contribution is -0.128. The van der Waals surface area contributed by atoms with Gasteiger partial charge in [-0.15, -0.1) is 0 Å². The molecule has 7 nitrogen and oxygen atoms in total. The normalized spacial score (nSPS) is 18.0. The Bertz CT molecular complexity index is 1130. The van der Waals surface area contributed by atoms with Crippen LogP contribution in [-0.2, 0) is 4.79 Å². The van der Waals surface area contributed by atoms with E-state index in [1.807, 2.05) is 31.6 Å². The second-order valence-electron chi connectivity index (χ2n) is 8.23. The van der Waals surface area contributed by atoms with Crippen LogP contribution in [0.5, 0.6) is 0 Å². The SMILES string of the molecule is CNc1ccc(-c2cnc3[nH]ccc3c2N2CCC3(CCNC3=O)CC2)cc1C=N. The molecule has 2 aliphatic heterocycles. The summed E-state index contributed by atoms with van der Waals surface area (Å²) < 4.78 is 0. The fraction of sp³-hybridized carbons (Fsp3) is 0.348. The van der Waals surface area contributed by atoms with E-state index in [-0.39, 0.29) is 11.3 Å². The predicted molar refractivity (Wildman–Crippen MR) is 120 cm³/mol. The van der Waals surface area contributed by atoms with E-state index in [1.165, 1.54) is 6.21 Å². The van der Waals surface area contributed by atoms with Crippen LogP contribution < -0.4 is 15.5 Å². The van der Waals surface area contributed by atoms with Crippen LogP contribution >= 0.6 is 0 Å². The topological polar surface area (TPSA) is 96.9 Å². The number of fused-ring (bicyclic) bond motifs is 1. The molecule has 1 amide bonds. The number of piperidine rings is 1. The van der Waals surface area contributed by atoms with E-state index in [1.54, 1.807) is 0 Å². The minimum absolute atomic E-state index is 0.192. The summed E-state index contributed by atoms with van der Waals surface area (Å²) in [5, 5.41) is 15.0. The molecule has 0 radical (unpaired) electrons. The van der Waals surface area contributed by atoms with Crippen molar-refractivity contribution in [1.82, 2.24) is 15.3 Å². The second-order valence-corrected chi connectivity index (χ2v) is 8.23. The number of nitrogens with zero attached hydrogens (tertiary/aromatic N) is 2. The molecule has 2 fully saturated rings. The fourth-order valence-corrected chi connectivity index (χ4v) is 4.97. The zero-order valence-corrected chi connectivity index (χ0v) is 17.1. The molecular formula is C23H26N6O. The van der Waals surface area contributed by atoms with Crippen LogP contribution in [0.15, 0.2) is 36.7 Å². The Labute approximate surface area is 175 Å². The summed E-state index contributed by atoms with van der Waals surface area (Å²) >= 11 is 0. The minimum atomic E-state index is -0.192. The number of anilines is 2. The third kappa shape index (κ3) is 2.84. The average Bonchev–Trinajstić information content (AvgIpc) is 3.40. The summed E-state index contributed by atoms with van der Waals surface area (Å²) in [5.41, 5.74) is 5.70. The van der Waals surface area contributed by atoms with Crippen LogP contribution in [-0.4, -0.2) is 48.8 Å². The summed E-state index contributed by atoms with van der Waals surface area (Å²) in [4.78, 5) is 22.7. The largest absolute Gasteiger partial charge is 0.388 e. The maximum Gasteiger partial charge on any atom is 0.226 e. The van der Waals surface area contributed by atoms with Crippen molar-refractivity contribution in [3.05, 3.63) is 42.2 Å². The number of nitrogens with one attached hydrogen (secondary N) is 4. The molecule has 1 spiro atoms. The van der Waals surface area contributed by atoms with Gasteiger partial charge in [0, 0.05) is 67.5 Å². The first-order chi connectivity index (χ1) is 14.6. The molecule has 2 aromatic heterocycles. The number of hydrogen-bond acceptors (Lipinski definition) is 5. The highest BCUT2D eigenvalue weighted by atomic mass is 16.2. The molecule has 4 heterocycles. The number of H-pyrrole nitrogens is 1. The van der Waals surface area contributed by atoms with Crippen molar-refractivity contribution in [3.63, 3.8) is 0 Å². The second kappa shape index (κ2) is 7.16. The Hall–Kier alpha value is -3.35. The Kier molecular flexibility index (Phi) is 4.46. The number of aromatic amines is 1. The molecule has 0 saturated carbocycles. The van der Waals surface area contributed by atoms with E-state index in [0.717, 1.165) is 78.0 Å². The standard InChI is InChI=1S/C23H26N6O/c1-25-19-3-2-15(12-16(19)13-24)18-14-28-21-17(4-8-26-21)20(18)29-10-6-23(7-11-29)5-9-27-22(23)30/h2-4,8,12-14,24-25H,5-7,9-11H2,1H3,(H,26,28)(H,27,30). The molecule has 5 rings (SSSR count). The molecule has 7 heteroatoms. The monoisotopic (exact) mass is 402 g/mol. The lowest BCUT2D eigenvalue weighted by atomic mass is 9.77. The van der Waals surface area contributed by atoms with E-state index in [4.69, 9.17) is 5.41 Å². The maximum absolute atomic E-state index is 12.4. The summed E-state index contributed by atoms with van der Waals surface area (Å²) in [6.07, 6.45) is 7.90. The smallest absolute Gasteiger partial charge is 0.226 e. The van der Waals surface area contributed by atoms with Crippen molar-refractivity contribution < 1.29 is 4.79 Å². The van der Waals surface area contributed by atoms with E-state index < -0.39 is 0 Å². The third-order valence-electron chi connectivity index (χ3n) is 6.75. The van der Waals surface area contributed by atoms with Crippen LogP contribution in [0.4, 0.5) is 11.4 Å². The van der Waals surface area contributed by atoms with E-state index in [2.05, 4.69) is 37.6 Å². The molecule has 154 valence electrons. The van der Waals surface area contributed by atoms with Crippen LogP contribution in [0.25, 0.3) is 22.2 Å². The van der Waals surface area contributed by atoms with Gasteiger partial charge >= 0.3 is 0 Å². The average molecular weight is 403 g/mol. The molecule has 2 saturated heterocycles. The highest BCUT2D eigenvalue weighted by Gasteiger charge is 2.44. The molecule has 3 aromatic rings. The Balaban J connectivity index is 1.57. The van der Waals surface area contributed by atoms with Crippen molar-refractivity contribution in [2.24, 2.45) is 5.41 Å². The molecule has 4 N–H and O–H groups in total. The van der Waals surface area contributed by atoms with Gasteiger partial charge in [0.2, 0.25) is 5.91 Å². The van der Waals surface area contributed by atoms with E-state index in [9.17, 15) is 4.79 Å². The zero-order chi connectivity index (χ0) is 20.7. The van der Waals surface area contributed by atoms with Crippen LogP contribution in [0.1, 0.15) is 24.8 Å². The maximum atomic E-state index is 12.4. The predicted octanol–water partition coefficient (Wildman–Crippen LogP) is 3.38. The van der Waals surface area contributed by atoms with E-state index >= 15 is 0 Å². The van der Waals surface area contributed by atoms with E-state index in [0.29, 0.717) is 0 Å². The first-order valence-corrected chi connectivity index (χ1v) is 10.5. The first-order valence-electron chi connectivity index (χ1n) is 10.5. The molecule has 0 atom stereocenters. The molecule has 0 unspecified atom stereocenters. The quantitative estimate of drug-likeness (QED) is 0.503. The number of rotatable bonds is 4. The summed E-state index contributed by atoms with van der Waals surface area (Å²) in [6, 6.07) is 8.20. The van der Waals surface area contributed by atoms with Gasteiger partial charge in [-0.2, -0.15) is 0 Å². The summed E-state index contributed by atoms with van der Waals surface area (Å²) in [7, 11) is 1.86. The van der Waals surface area contributed by atoms with Crippen molar-refractivity contribution in [2.75, 3.05) is 36.9 Å². The van der Waals surface area contributed by atoms with Gasteiger partial charge in [0.25, 0.3) is 0 Å². The summed E-state index contributed by atoms with van der Waals surface area (Å²) in [5.74, 6) is 0.224. The number of hydrogen-bond donors (Lipinski definition) is 4. The van der Waals surface area contributed by atoms with Crippen molar-refractivity contribution in [2.45, 2.75) is 19.3 Å². The van der Waals surface area contributed by atoms with Crippen molar-refractivity contribution in [3.8, 4) is 11.1 Å². The molecule has 0 bridgehead atoms. The zero-order valence-electron chi connectivity index (χ0n) is 17.1. The van der Waals surface area contributed by atoms with Gasteiger partial charge in [0.15, 0.2) is 0 Å². The lowest BCUT2D eigenvalue weighted by Crippen LogP contribution is -2.44. The Morgan fingerprint density at radius 1 is 1.23 bits per heavy atom. The van der Waals surface area contributed by atoms with Gasteiger partial charge in [-0.25, -0.2) is 4.98 Å². The van der Waals surface area contributed by atoms with Crippen LogP contribution in [0.2, 0.25) is 0 Å². The van der Waals surface area contributed by atoms with Crippen molar-refractivity contribution in [1.29, 1.82) is 5.41 Å². The number of benzene rings is 1. The van der Waals surface area contributed by atoms with Crippen LogP contribution in [0, 0.1) is 10.8 Å². The Morgan fingerprint density at radius 3 is 2.77 bits per heavy atom. The van der Waals surface area contributed by atoms with Gasteiger partial charge in [0.05, 0.1) is 11.1 Å². The third-order valence-corrected chi connectivity index (χ3v) is 6.75. The van der Waals surface area contributed by atoms with Gasteiger partial charge in [-0.05, 0) is 43.0 Å². The first kappa shape index (κ1) is 18.7. The fourth-order valence-electron chi connectivity index (χ4n) is 4.97. The number of carbonyl (C=O) groups is 1. The number of aromatic nitrogens is 2. The van der Waals surface area contributed by atoms with Gasteiger partial charge < -0.3 is 25.9 Å². The molecular weight excluding hydrogens is 376 g/mol. The highest BCUT2D eigenvalue weighted by molar-refractivity contribution is 6.00. The Morgan fingerprint density at radius 2 is 2.07 bits per heavy atom. The number of pyridine rings is 1. The molecule has 2 aliphatic rings. The minimum Gasteiger partial charge on any atom is -0.388 e. The highest BCUT2D eigenvalue weighted by Crippen LogP contribution is 2.43. The van der Waals surface area contributed by atoms with Gasteiger partial charge in [-0.3, -0.25) is 4.79 Å². The van der Waals surface area contributed by atoms with Crippen molar-refractivity contribution >= 4 is 34.5 Å². The van der Waals surface area contributed by atoms with Gasteiger partial charge in [-0.1, -0.05) is 6.07 Å². The number of carbonyl (C=O) groups excluding carboxylic acids is 1.